The molecule has 0 spiro atoms. The van der Waals surface area contributed by atoms with Crippen molar-refractivity contribution in [1.82, 2.24) is 0 Å². The average Bonchev–Trinajstić information content (AvgIpc) is 3.42. The summed E-state index contributed by atoms with van der Waals surface area (Å²) in [6, 6.07) is 48.1. The van der Waals surface area contributed by atoms with Gasteiger partial charge in [0, 0.05) is 10.8 Å². The van der Waals surface area contributed by atoms with Crippen molar-refractivity contribution in [3.05, 3.63) is 155 Å². The van der Waals surface area contributed by atoms with Crippen LogP contribution in [0.15, 0.2) is 127 Å². The van der Waals surface area contributed by atoms with Crippen LogP contribution in [0.5, 0.6) is 0 Å². The van der Waals surface area contributed by atoms with Crippen LogP contribution in [-0.2, 0) is 10.8 Å². The molecule has 2 aliphatic carbocycles. The molecule has 0 saturated carbocycles. The van der Waals surface area contributed by atoms with Gasteiger partial charge in [0.15, 0.2) is 0 Å². The van der Waals surface area contributed by atoms with Gasteiger partial charge >= 0.3 is 0 Å². The van der Waals surface area contributed by atoms with Gasteiger partial charge in [-0.3, -0.25) is 0 Å². The minimum absolute atomic E-state index is 0.0849. The van der Waals surface area contributed by atoms with Gasteiger partial charge in [-0.05, 0) is 137 Å². The molecule has 0 amide bonds. The SMILES string of the molecule is Cc1cc(-c2ccc3ccccc3c2)cc2c1-c1cc3c(cc1C2(C)C)-c1ccc(-c2ccc4ccccc4c2)cc1C3(C)C. The van der Waals surface area contributed by atoms with Gasteiger partial charge in [0.1, 0.15) is 0 Å². The van der Waals surface area contributed by atoms with E-state index >= 15 is 0 Å². The Morgan fingerprint density at radius 2 is 0.822 bits per heavy atom. The predicted octanol–water partition coefficient (Wildman–Crippen LogP) is 12.2. The summed E-state index contributed by atoms with van der Waals surface area (Å²) in [7, 11) is 0. The zero-order valence-corrected chi connectivity index (χ0v) is 26.6. The molecule has 9 rings (SSSR count). The molecule has 2 aliphatic rings. The van der Waals surface area contributed by atoms with E-state index in [1.54, 1.807) is 0 Å². The normalized spacial score (nSPS) is 15.1. The first-order chi connectivity index (χ1) is 21.7. The number of hydrogen-bond acceptors (Lipinski definition) is 0. The van der Waals surface area contributed by atoms with E-state index in [2.05, 4.69) is 162 Å². The van der Waals surface area contributed by atoms with Gasteiger partial charge in [0.25, 0.3) is 0 Å². The minimum atomic E-state index is -0.0880. The number of benzene rings is 7. The van der Waals surface area contributed by atoms with Crippen LogP contribution < -0.4 is 0 Å². The highest BCUT2D eigenvalue weighted by molar-refractivity contribution is 5.94. The highest BCUT2D eigenvalue weighted by Crippen LogP contribution is 2.57. The maximum atomic E-state index is 2.54. The third-order valence-electron chi connectivity index (χ3n) is 10.9. The third kappa shape index (κ3) is 3.72. The van der Waals surface area contributed by atoms with Gasteiger partial charge in [-0.2, -0.15) is 0 Å². The van der Waals surface area contributed by atoms with Crippen molar-refractivity contribution in [2.45, 2.75) is 45.4 Å². The highest BCUT2D eigenvalue weighted by Gasteiger charge is 2.42. The summed E-state index contributed by atoms with van der Waals surface area (Å²) >= 11 is 0. The largest absolute Gasteiger partial charge is 0.0616 e. The number of fused-ring (bicyclic) bond motifs is 8. The Morgan fingerprint density at radius 3 is 1.49 bits per heavy atom. The third-order valence-corrected chi connectivity index (χ3v) is 10.9. The number of aryl methyl sites for hydroxylation is 1. The van der Waals surface area contributed by atoms with Crippen LogP contribution in [0.4, 0.5) is 0 Å². The summed E-state index contributed by atoms with van der Waals surface area (Å²) in [5.74, 6) is 0. The Balaban J connectivity index is 1.16. The van der Waals surface area contributed by atoms with E-state index in [-0.39, 0.29) is 10.8 Å². The molecule has 7 aromatic rings. The lowest BCUT2D eigenvalue weighted by Gasteiger charge is -2.24. The summed E-state index contributed by atoms with van der Waals surface area (Å²) in [6.07, 6.45) is 0. The molecule has 0 atom stereocenters. The molecule has 216 valence electrons. The molecule has 0 unspecified atom stereocenters. The predicted molar refractivity (Wildman–Crippen MR) is 192 cm³/mol. The second-order valence-electron chi connectivity index (χ2n) is 14.3. The number of hydrogen-bond donors (Lipinski definition) is 0. The second-order valence-corrected chi connectivity index (χ2v) is 14.3. The Labute approximate surface area is 266 Å². The number of rotatable bonds is 2. The molecule has 0 nitrogen and oxygen atoms in total. The van der Waals surface area contributed by atoms with E-state index in [0.717, 1.165) is 0 Å². The van der Waals surface area contributed by atoms with Crippen LogP contribution in [0.2, 0.25) is 0 Å². The van der Waals surface area contributed by atoms with Crippen molar-refractivity contribution in [3.63, 3.8) is 0 Å². The molecule has 0 bridgehead atoms. The van der Waals surface area contributed by atoms with Gasteiger partial charge in [-0.25, -0.2) is 0 Å². The van der Waals surface area contributed by atoms with E-state index in [0.29, 0.717) is 0 Å². The molecule has 45 heavy (non-hydrogen) atoms. The fraction of sp³-hybridized carbons (Fsp3) is 0.156. The Hall–Kier alpha value is -4.94. The molecular formula is C45H36. The fourth-order valence-electron chi connectivity index (χ4n) is 8.37. The van der Waals surface area contributed by atoms with E-state index in [1.165, 1.54) is 93.9 Å². The maximum absolute atomic E-state index is 2.54. The first-order valence-electron chi connectivity index (χ1n) is 16.2. The summed E-state index contributed by atoms with van der Waals surface area (Å²) in [5.41, 5.74) is 17.7. The van der Waals surface area contributed by atoms with Crippen molar-refractivity contribution in [3.8, 4) is 44.5 Å². The van der Waals surface area contributed by atoms with Gasteiger partial charge in [-0.15, -0.1) is 0 Å². The Kier molecular flexibility index (Phi) is 5.32. The minimum Gasteiger partial charge on any atom is -0.0616 e. The monoisotopic (exact) mass is 576 g/mol. The first kappa shape index (κ1) is 26.5. The van der Waals surface area contributed by atoms with Gasteiger partial charge in [0.05, 0.1) is 0 Å². The molecule has 0 heteroatoms. The summed E-state index contributed by atoms with van der Waals surface area (Å²) in [4.78, 5) is 0. The Morgan fingerprint density at radius 1 is 0.356 bits per heavy atom. The first-order valence-corrected chi connectivity index (χ1v) is 16.2. The van der Waals surface area contributed by atoms with Gasteiger partial charge in [-0.1, -0.05) is 119 Å². The topological polar surface area (TPSA) is 0 Å². The lowest BCUT2D eigenvalue weighted by molar-refractivity contribution is 0.652. The second kappa shape index (κ2) is 9.05. The van der Waals surface area contributed by atoms with E-state index in [1.807, 2.05) is 0 Å². The van der Waals surface area contributed by atoms with Crippen molar-refractivity contribution in [1.29, 1.82) is 0 Å². The Bertz CT molecular complexity index is 2380. The zero-order chi connectivity index (χ0) is 30.7. The molecule has 0 aliphatic heterocycles. The van der Waals surface area contributed by atoms with E-state index in [4.69, 9.17) is 0 Å². The van der Waals surface area contributed by atoms with Crippen molar-refractivity contribution in [2.24, 2.45) is 0 Å². The van der Waals surface area contributed by atoms with Crippen molar-refractivity contribution in [2.75, 3.05) is 0 Å². The van der Waals surface area contributed by atoms with Crippen LogP contribution in [0.1, 0.15) is 55.5 Å². The summed E-state index contributed by atoms with van der Waals surface area (Å²) in [5, 5.41) is 5.15. The van der Waals surface area contributed by atoms with Crippen LogP contribution in [0, 0.1) is 6.92 Å². The zero-order valence-electron chi connectivity index (χ0n) is 26.6. The molecule has 0 aromatic heterocycles. The molecule has 0 N–H and O–H groups in total. The van der Waals surface area contributed by atoms with Crippen LogP contribution in [-0.4, -0.2) is 0 Å². The molecule has 0 fully saturated rings. The molecule has 0 radical (unpaired) electrons. The van der Waals surface area contributed by atoms with Crippen LogP contribution >= 0.6 is 0 Å². The molecular weight excluding hydrogens is 540 g/mol. The molecule has 7 aromatic carbocycles. The quantitative estimate of drug-likeness (QED) is 0.192. The van der Waals surface area contributed by atoms with Gasteiger partial charge in [0.2, 0.25) is 0 Å². The van der Waals surface area contributed by atoms with Gasteiger partial charge < -0.3 is 0 Å². The lowest BCUT2D eigenvalue weighted by Crippen LogP contribution is -2.17. The van der Waals surface area contributed by atoms with Crippen molar-refractivity contribution < 1.29 is 0 Å². The molecule has 0 saturated heterocycles. The summed E-state index contributed by atoms with van der Waals surface area (Å²) < 4.78 is 0. The average molecular weight is 577 g/mol. The van der Waals surface area contributed by atoms with Crippen LogP contribution in [0.3, 0.4) is 0 Å². The van der Waals surface area contributed by atoms with E-state index in [9.17, 15) is 0 Å². The highest BCUT2D eigenvalue weighted by atomic mass is 14.4. The lowest BCUT2D eigenvalue weighted by atomic mass is 9.79. The maximum Gasteiger partial charge on any atom is 0.0159 e. The standard InChI is InChI=1S/C45H36/c1-27-20-35(33-17-15-29-11-7-9-13-31(29)22-33)24-42-43(27)38-26-40-37(25-41(38)45(42,4)5)36-19-18-34(23-39(36)44(40,2)3)32-16-14-28-10-6-8-12-30(28)21-32/h6-26H,1-5H3. The smallest absolute Gasteiger partial charge is 0.0159 e. The van der Waals surface area contributed by atoms with Crippen molar-refractivity contribution >= 4 is 21.5 Å². The van der Waals surface area contributed by atoms with Crippen LogP contribution in [0.25, 0.3) is 66.1 Å². The summed E-state index contributed by atoms with van der Waals surface area (Å²) in [6.45, 7) is 11.9. The van der Waals surface area contributed by atoms with E-state index < -0.39 is 0 Å². The fourth-order valence-corrected chi connectivity index (χ4v) is 8.37. The molecule has 0 heterocycles.